The van der Waals surface area contributed by atoms with E-state index >= 15 is 0 Å². The molecule has 3 nitrogen and oxygen atoms in total. The summed E-state index contributed by atoms with van der Waals surface area (Å²) in [4.78, 5) is -0.0475. The summed E-state index contributed by atoms with van der Waals surface area (Å²) in [5, 5.41) is 0.743. The van der Waals surface area contributed by atoms with E-state index in [1.807, 2.05) is 0 Å². The zero-order valence-corrected chi connectivity index (χ0v) is 13.2. The standard InChI is InChI=1S/C13H10Cl3NO2S/c14-10-4-1-3-9(7-10)8-17-20(18,19)12-6-2-5-11(15)13(12)16/h1-7,17H,8H2. The highest BCUT2D eigenvalue weighted by Gasteiger charge is 2.19. The zero-order valence-electron chi connectivity index (χ0n) is 10.1. The first kappa shape index (κ1) is 15.6. The van der Waals surface area contributed by atoms with E-state index in [0.29, 0.717) is 5.02 Å². The second-order valence-electron chi connectivity index (χ2n) is 4.01. The Morgan fingerprint density at radius 3 is 2.40 bits per heavy atom. The van der Waals surface area contributed by atoms with Gasteiger partial charge in [0.05, 0.1) is 10.0 Å². The molecule has 0 saturated carbocycles. The fraction of sp³-hybridized carbons (Fsp3) is 0.0769. The van der Waals surface area contributed by atoms with E-state index < -0.39 is 10.0 Å². The average molecular weight is 351 g/mol. The molecule has 0 aliphatic carbocycles. The van der Waals surface area contributed by atoms with Gasteiger partial charge in [-0.25, -0.2) is 13.1 Å². The van der Waals surface area contributed by atoms with Gasteiger partial charge in [0.25, 0.3) is 0 Å². The molecular formula is C13H10Cl3NO2S. The molecule has 0 fully saturated rings. The number of hydrogen-bond donors (Lipinski definition) is 1. The van der Waals surface area contributed by atoms with Crippen molar-refractivity contribution in [3.8, 4) is 0 Å². The van der Waals surface area contributed by atoms with E-state index in [0.717, 1.165) is 5.56 Å². The van der Waals surface area contributed by atoms with E-state index in [1.54, 1.807) is 24.3 Å². The SMILES string of the molecule is O=S(=O)(NCc1cccc(Cl)c1)c1cccc(Cl)c1Cl. The molecule has 0 spiro atoms. The van der Waals surface area contributed by atoms with Crippen molar-refractivity contribution in [3.05, 3.63) is 63.1 Å². The van der Waals surface area contributed by atoms with Gasteiger partial charge >= 0.3 is 0 Å². The molecule has 20 heavy (non-hydrogen) atoms. The maximum absolute atomic E-state index is 12.2. The highest BCUT2D eigenvalue weighted by Crippen LogP contribution is 2.28. The van der Waals surface area contributed by atoms with Crippen molar-refractivity contribution >= 4 is 44.8 Å². The number of benzene rings is 2. The molecule has 0 heterocycles. The number of rotatable bonds is 4. The van der Waals surface area contributed by atoms with Gasteiger partial charge in [-0.1, -0.05) is 53.0 Å². The van der Waals surface area contributed by atoms with Crippen molar-refractivity contribution in [2.45, 2.75) is 11.4 Å². The Hall–Kier alpha value is -0.780. The van der Waals surface area contributed by atoms with Crippen molar-refractivity contribution in [2.24, 2.45) is 0 Å². The van der Waals surface area contributed by atoms with Gasteiger partial charge in [0.1, 0.15) is 4.90 Å². The minimum Gasteiger partial charge on any atom is -0.207 e. The second kappa shape index (κ2) is 6.33. The van der Waals surface area contributed by atoms with Gasteiger partial charge < -0.3 is 0 Å². The average Bonchev–Trinajstić information content (AvgIpc) is 2.40. The molecule has 106 valence electrons. The van der Waals surface area contributed by atoms with Crippen LogP contribution >= 0.6 is 34.8 Å². The van der Waals surface area contributed by atoms with Gasteiger partial charge in [-0.05, 0) is 29.8 Å². The maximum Gasteiger partial charge on any atom is 0.242 e. The topological polar surface area (TPSA) is 46.2 Å². The van der Waals surface area contributed by atoms with Crippen LogP contribution in [0.2, 0.25) is 15.1 Å². The fourth-order valence-electron chi connectivity index (χ4n) is 1.59. The van der Waals surface area contributed by atoms with Crippen molar-refractivity contribution in [3.63, 3.8) is 0 Å². The molecule has 0 aromatic heterocycles. The molecule has 0 bridgehead atoms. The molecule has 2 aromatic carbocycles. The molecule has 0 radical (unpaired) electrons. The third kappa shape index (κ3) is 3.65. The fourth-order valence-corrected chi connectivity index (χ4v) is 3.58. The molecule has 0 aliphatic rings. The maximum atomic E-state index is 12.2. The van der Waals surface area contributed by atoms with Crippen LogP contribution in [0.25, 0.3) is 0 Å². The lowest BCUT2D eigenvalue weighted by Gasteiger charge is -2.09. The molecule has 7 heteroatoms. The first-order valence-electron chi connectivity index (χ1n) is 5.58. The molecule has 0 amide bonds. The quantitative estimate of drug-likeness (QED) is 0.901. The Balaban J connectivity index is 2.22. The molecule has 0 atom stereocenters. The minimum absolute atomic E-state index is 0.00719. The largest absolute Gasteiger partial charge is 0.242 e. The minimum atomic E-state index is -3.73. The second-order valence-corrected chi connectivity index (χ2v) is 6.96. The van der Waals surface area contributed by atoms with Crippen LogP contribution in [0.5, 0.6) is 0 Å². The zero-order chi connectivity index (χ0) is 14.8. The van der Waals surface area contributed by atoms with Crippen LogP contribution in [0.15, 0.2) is 47.4 Å². The smallest absolute Gasteiger partial charge is 0.207 e. The van der Waals surface area contributed by atoms with Gasteiger partial charge in [0.2, 0.25) is 10.0 Å². The van der Waals surface area contributed by atoms with E-state index in [-0.39, 0.29) is 21.5 Å². The summed E-state index contributed by atoms with van der Waals surface area (Å²) < 4.78 is 26.8. The molecule has 2 aromatic rings. The van der Waals surface area contributed by atoms with Crippen molar-refractivity contribution in [2.75, 3.05) is 0 Å². The van der Waals surface area contributed by atoms with Crippen LogP contribution in [-0.4, -0.2) is 8.42 Å². The van der Waals surface area contributed by atoms with Gasteiger partial charge in [0.15, 0.2) is 0 Å². The predicted octanol–water partition coefficient (Wildman–Crippen LogP) is 4.13. The summed E-state index contributed by atoms with van der Waals surface area (Å²) in [7, 11) is -3.73. The van der Waals surface area contributed by atoms with E-state index in [4.69, 9.17) is 34.8 Å². The highest BCUT2D eigenvalue weighted by molar-refractivity contribution is 7.89. The molecule has 0 saturated heterocycles. The third-order valence-corrected chi connectivity index (χ3v) is 5.17. The first-order chi connectivity index (χ1) is 9.40. The number of halogens is 3. The number of sulfonamides is 1. The Kier molecular flexibility index (Phi) is 4.94. The number of hydrogen-bond acceptors (Lipinski definition) is 2. The monoisotopic (exact) mass is 349 g/mol. The van der Waals surface area contributed by atoms with Crippen LogP contribution in [-0.2, 0) is 16.6 Å². The summed E-state index contributed by atoms with van der Waals surface area (Å²) in [6, 6.07) is 11.4. The lowest BCUT2D eigenvalue weighted by Crippen LogP contribution is -2.23. The van der Waals surface area contributed by atoms with Crippen LogP contribution in [0, 0.1) is 0 Å². The Morgan fingerprint density at radius 2 is 1.70 bits per heavy atom. The Morgan fingerprint density at radius 1 is 1.00 bits per heavy atom. The van der Waals surface area contributed by atoms with Gasteiger partial charge in [0, 0.05) is 11.6 Å². The molecular weight excluding hydrogens is 341 g/mol. The lowest BCUT2D eigenvalue weighted by atomic mass is 10.2. The first-order valence-corrected chi connectivity index (χ1v) is 8.20. The predicted molar refractivity (Wildman–Crippen MR) is 81.9 cm³/mol. The van der Waals surface area contributed by atoms with Crippen LogP contribution < -0.4 is 4.72 Å². The van der Waals surface area contributed by atoms with Gasteiger partial charge in [-0.3, -0.25) is 0 Å². The molecule has 2 rings (SSSR count). The van der Waals surface area contributed by atoms with Crippen molar-refractivity contribution in [1.29, 1.82) is 0 Å². The summed E-state index contributed by atoms with van der Waals surface area (Å²) in [6.07, 6.45) is 0. The Labute approximate surface area is 132 Å². The van der Waals surface area contributed by atoms with E-state index in [1.165, 1.54) is 18.2 Å². The summed E-state index contributed by atoms with van der Waals surface area (Å²) in [5.41, 5.74) is 0.749. The van der Waals surface area contributed by atoms with Gasteiger partial charge in [-0.2, -0.15) is 0 Å². The molecule has 1 N–H and O–H groups in total. The van der Waals surface area contributed by atoms with E-state index in [2.05, 4.69) is 4.72 Å². The van der Waals surface area contributed by atoms with Gasteiger partial charge in [-0.15, -0.1) is 0 Å². The van der Waals surface area contributed by atoms with Crippen LogP contribution in [0.1, 0.15) is 5.56 Å². The summed E-state index contributed by atoms with van der Waals surface area (Å²) in [6.45, 7) is 0.117. The van der Waals surface area contributed by atoms with Crippen LogP contribution in [0.3, 0.4) is 0 Å². The highest BCUT2D eigenvalue weighted by atomic mass is 35.5. The molecule has 0 aliphatic heterocycles. The third-order valence-electron chi connectivity index (χ3n) is 2.56. The number of nitrogens with one attached hydrogen (secondary N) is 1. The molecule has 0 unspecified atom stereocenters. The summed E-state index contributed by atoms with van der Waals surface area (Å²) in [5.74, 6) is 0. The van der Waals surface area contributed by atoms with Crippen LogP contribution in [0.4, 0.5) is 0 Å². The van der Waals surface area contributed by atoms with Crippen molar-refractivity contribution < 1.29 is 8.42 Å². The van der Waals surface area contributed by atoms with E-state index in [9.17, 15) is 8.42 Å². The Bertz CT molecular complexity index is 732. The normalized spacial score (nSPS) is 11.6. The van der Waals surface area contributed by atoms with Crippen molar-refractivity contribution in [1.82, 2.24) is 4.72 Å². The lowest BCUT2D eigenvalue weighted by molar-refractivity contribution is 0.581. The summed E-state index contributed by atoms with van der Waals surface area (Å²) >= 11 is 17.6.